The Morgan fingerprint density at radius 2 is 2.33 bits per heavy atom. The first kappa shape index (κ1) is 11.2. The molecule has 0 aliphatic carbocycles. The van der Waals surface area contributed by atoms with Gasteiger partial charge in [-0.3, -0.25) is 4.40 Å². The number of nitrogens with one attached hydrogen (secondary N) is 1. The van der Waals surface area contributed by atoms with E-state index in [4.69, 9.17) is 10.8 Å². The lowest BCUT2D eigenvalue weighted by Gasteiger charge is -1.97. The van der Waals surface area contributed by atoms with Gasteiger partial charge in [0, 0.05) is 6.54 Å². The number of nitrogens with two attached hydrogens (primary N) is 1. The van der Waals surface area contributed by atoms with Gasteiger partial charge < -0.3 is 15.8 Å². The fourth-order valence-electron chi connectivity index (χ4n) is 1.95. The van der Waals surface area contributed by atoms with Gasteiger partial charge in [-0.25, -0.2) is 9.78 Å². The van der Waals surface area contributed by atoms with Crippen LogP contribution in [0.3, 0.4) is 0 Å². The van der Waals surface area contributed by atoms with Crippen LogP contribution in [0, 0.1) is 0 Å². The highest BCUT2D eigenvalue weighted by atomic mass is 79.9. The summed E-state index contributed by atoms with van der Waals surface area (Å²) in [6.45, 7) is 0.351. The number of imidazole rings is 2. The summed E-state index contributed by atoms with van der Waals surface area (Å²) in [7, 11) is 0. The van der Waals surface area contributed by atoms with E-state index in [1.807, 2.05) is 4.40 Å². The molecule has 0 saturated carbocycles. The van der Waals surface area contributed by atoms with Gasteiger partial charge in [-0.2, -0.15) is 0 Å². The number of aromatic amines is 1. The topological polar surface area (TPSA) is 96.4 Å². The molecule has 0 bridgehead atoms. The van der Waals surface area contributed by atoms with Crippen molar-refractivity contribution in [1.29, 1.82) is 0 Å². The number of carboxylic acid groups (broad SMARTS) is 1. The summed E-state index contributed by atoms with van der Waals surface area (Å²) in [5.74, 6) is -0.322. The molecule has 3 aromatic rings. The number of nitrogens with zero attached hydrogens (tertiary/aromatic N) is 2. The number of halogens is 1. The molecular formula is C11H9BrN4O2. The molecule has 0 saturated heterocycles. The molecule has 0 unspecified atom stereocenters. The molecule has 6 nitrogen and oxygen atoms in total. The van der Waals surface area contributed by atoms with E-state index in [0.29, 0.717) is 12.3 Å². The predicted molar refractivity (Wildman–Crippen MR) is 69.6 cm³/mol. The third-order valence-electron chi connectivity index (χ3n) is 2.81. The molecule has 0 atom stereocenters. The van der Waals surface area contributed by atoms with E-state index in [-0.39, 0.29) is 5.56 Å². The number of hydrogen-bond acceptors (Lipinski definition) is 3. The fourth-order valence-corrected chi connectivity index (χ4v) is 2.57. The summed E-state index contributed by atoms with van der Waals surface area (Å²) < 4.78 is 2.58. The summed E-state index contributed by atoms with van der Waals surface area (Å²) in [6.07, 6.45) is 0. The summed E-state index contributed by atoms with van der Waals surface area (Å²) >= 11 is 3.44. The lowest BCUT2D eigenvalue weighted by Crippen LogP contribution is -1.98. The first-order valence-corrected chi connectivity index (χ1v) is 6.03. The maximum absolute atomic E-state index is 11.0. The second-order valence-corrected chi connectivity index (χ2v) is 4.63. The van der Waals surface area contributed by atoms with E-state index in [1.54, 1.807) is 12.1 Å². The first-order valence-electron chi connectivity index (χ1n) is 5.23. The highest BCUT2D eigenvalue weighted by Gasteiger charge is 2.14. The van der Waals surface area contributed by atoms with Crippen molar-refractivity contribution in [3.05, 3.63) is 34.1 Å². The van der Waals surface area contributed by atoms with Gasteiger partial charge in [-0.15, -0.1) is 0 Å². The number of aromatic nitrogens is 3. The van der Waals surface area contributed by atoms with E-state index in [0.717, 1.165) is 21.3 Å². The normalized spacial score (nSPS) is 11.4. The van der Waals surface area contributed by atoms with Gasteiger partial charge in [0.15, 0.2) is 0 Å². The van der Waals surface area contributed by atoms with Crippen LogP contribution in [-0.4, -0.2) is 25.4 Å². The Hall–Kier alpha value is -1.86. The molecule has 4 N–H and O–H groups in total. The number of H-pyrrole nitrogens is 1. The van der Waals surface area contributed by atoms with Gasteiger partial charge >= 0.3 is 5.97 Å². The second kappa shape index (κ2) is 3.82. The maximum atomic E-state index is 11.0. The van der Waals surface area contributed by atoms with E-state index in [2.05, 4.69) is 25.9 Å². The molecular weight excluding hydrogens is 300 g/mol. The summed E-state index contributed by atoms with van der Waals surface area (Å²) in [4.78, 5) is 18.4. The molecule has 18 heavy (non-hydrogen) atoms. The molecule has 2 heterocycles. The van der Waals surface area contributed by atoms with Crippen molar-refractivity contribution in [1.82, 2.24) is 14.4 Å². The molecule has 0 spiro atoms. The average Bonchev–Trinajstić information content (AvgIpc) is 2.85. The van der Waals surface area contributed by atoms with Crippen LogP contribution < -0.4 is 5.73 Å². The molecule has 7 heteroatoms. The Kier molecular flexibility index (Phi) is 2.39. The number of benzene rings is 1. The molecule has 0 aliphatic heterocycles. The number of aromatic carboxylic acids is 1. The molecule has 1 aromatic carbocycles. The van der Waals surface area contributed by atoms with Crippen LogP contribution in [0.5, 0.6) is 0 Å². The van der Waals surface area contributed by atoms with E-state index in [9.17, 15) is 4.79 Å². The zero-order valence-corrected chi connectivity index (χ0v) is 10.7. The van der Waals surface area contributed by atoms with Crippen molar-refractivity contribution in [2.45, 2.75) is 6.54 Å². The minimum atomic E-state index is -0.961. The van der Waals surface area contributed by atoms with Crippen molar-refractivity contribution in [2.24, 2.45) is 5.73 Å². The van der Waals surface area contributed by atoms with Gasteiger partial charge in [-0.05, 0) is 34.1 Å². The van der Waals surface area contributed by atoms with Crippen molar-refractivity contribution < 1.29 is 9.90 Å². The Labute approximate surface area is 110 Å². The van der Waals surface area contributed by atoms with Crippen LogP contribution in [-0.2, 0) is 6.54 Å². The predicted octanol–water partition coefficient (Wildman–Crippen LogP) is 1.74. The third-order valence-corrected chi connectivity index (χ3v) is 3.65. The molecule has 0 aliphatic rings. The molecule has 0 fully saturated rings. The maximum Gasteiger partial charge on any atom is 0.335 e. The monoisotopic (exact) mass is 308 g/mol. The lowest BCUT2D eigenvalue weighted by atomic mass is 10.2. The van der Waals surface area contributed by atoms with Crippen LogP contribution in [0.1, 0.15) is 16.1 Å². The summed E-state index contributed by atoms with van der Waals surface area (Å²) in [6, 6.07) is 4.82. The van der Waals surface area contributed by atoms with Crippen LogP contribution in [0.15, 0.2) is 22.8 Å². The van der Waals surface area contributed by atoms with E-state index >= 15 is 0 Å². The highest BCUT2D eigenvalue weighted by Crippen LogP contribution is 2.25. The van der Waals surface area contributed by atoms with Crippen molar-refractivity contribution in [3.63, 3.8) is 0 Å². The van der Waals surface area contributed by atoms with E-state index < -0.39 is 5.97 Å². The molecule has 92 valence electrons. The van der Waals surface area contributed by atoms with Gasteiger partial charge in [0.25, 0.3) is 0 Å². The van der Waals surface area contributed by atoms with Crippen LogP contribution in [0.25, 0.3) is 16.8 Å². The average molecular weight is 309 g/mol. The quantitative estimate of drug-likeness (QED) is 0.671. The van der Waals surface area contributed by atoms with Gasteiger partial charge in [0.1, 0.15) is 4.60 Å². The van der Waals surface area contributed by atoms with Crippen molar-refractivity contribution in [3.8, 4) is 0 Å². The minimum absolute atomic E-state index is 0.228. The molecule has 3 rings (SSSR count). The first-order chi connectivity index (χ1) is 8.61. The summed E-state index contributed by atoms with van der Waals surface area (Å²) in [5, 5.41) is 9.01. The SMILES string of the molecule is NCc1[nH]c2nc3ccc(C(=O)O)cc3n2c1Br. The zero-order valence-electron chi connectivity index (χ0n) is 9.14. The third kappa shape index (κ3) is 1.44. The smallest absolute Gasteiger partial charge is 0.335 e. The molecule has 2 aromatic heterocycles. The van der Waals surface area contributed by atoms with Crippen LogP contribution >= 0.6 is 15.9 Å². The number of carbonyl (C=O) groups is 1. The Morgan fingerprint density at radius 3 is 3.00 bits per heavy atom. The highest BCUT2D eigenvalue weighted by molar-refractivity contribution is 9.10. The minimum Gasteiger partial charge on any atom is -0.478 e. The van der Waals surface area contributed by atoms with Gasteiger partial charge in [-0.1, -0.05) is 0 Å². The lowest BCUT2D eigenvalue weighted by molar-refractivity contribution is 0.0697. The molecule has 0 radical (unpaired) electrons. The fraction of sp³-hybridized carbons (Fsp3) is 0.0909. The summed E-state index contributed by atoms with van der Waals surface area (Å²) in [5.41, 5.74) is 8.11. The van der Waals surface area contributed by atoms with Crippen LogP contribution in [0.2, 0.25) is 0 Å². The number of rotatable bonds is 2. The number of carboxylic acids is 1. The molecule has 0 amide bonds. The Bertz CT molecular complexity index is 774. The second-order valence-electron chi connectivity index (χ2n) is 3.88. The number of hydrogen-bond donors (Lipinski definition) is 3. The van der Waals surface area contributed by atoms with Crippen molar-refractivity contribution >= 4 is 38.7 Å². The van der Waals surface area contributed by atoms with Gasteiger partial charge in [0.05, 0.1) is 22.3 Å². The standard InChI is InChI=1S/C11H9BrN4O2/c12-9-7(4-13)15-11-14-6-2-1-5(10(17)18)3-8(6)16(9)11/h1-3H,4,13H2,(H,14,15)(H,17,18). The Morgan fingerprint density at radius 1 is 1.56 bits per heavy atom. The van der Waals surface area contributed by atoms with Crippen LogP contribution in [0.4, 0.5) is 0 Å². The van der Waals surface area contributed by atoms with Crippen molar-refractivity contribution in [2.75, 3.05) is 0 Å². The van der Waals surface area contributed by atoms with E-state index in [1.165, 1.54) is 6.07 Å². The Balaban J connectivity index is 2.40. The van der Waals surface area contributed by atoms with Gasteiger partial charge in [0.2, 0.25) is 5.78 Å². The largest absolute Gasteiger partial charge is 0.478 e. The zero-order chi connectivity index (χ0) is 12.9. The number of fused-ring (bicyclic) bond motifs is 3.